The van der Waals surface area contributed by atoms with E-state index in [0.29, 0.717) is 13.1 Å². The van der Waals surface area contributed by atoms with Gasteiger partial charge in [-0.15, -0.1) is 11.3 Å². The summed E-state index contributed by atoms with van der Waals surface area (Å²) in [7, 11) is -2.94. The number of carbonyl (C=O) groups is 1. The highest BCUT2D eigenvalue weighted by atomic mass is 32.2. The summed E-state index contributed by atoms with van der Waals surface area (Å²) in [6.07, 6.45) is 7.39. The molecule has 1 aliphatic heterocycles. The zero-order valence-electron chi connectivity index (χ0n) is 23.7. The van der Waals surface area contributed by atoms with E-state index in [2.05, 4.69) is 70.9 Å². The van der Waals surface area contributed by atoms with Gasteiger partial charge in [0.05, 0.1) is 28.1 Å². The molecule has 3 aliphatic carbocycles. The van der Waals surface area contributed by atoms with E-state index in [9.17, 15) is 18.5 Å². The molecule has 0 radical (unpaired) electrons. The van der Waals surface area contributed by atoms with Crippen LogP contribution in [0, 0.1) is 17.2 Å². The molecule has 1 N–H and O–H groups in total. The Morgan fingerprint density at radius 1 is 0.976 bits per heavy atom. The van der Waals surface area contributed by atoms with Gasteiger partial charge in [0.25, 0.3) is 0 Å². The summed E-state index contributed by atoms with van der Waals surface area (Å²) >= 11 is 1.77. The highest BCUT2D eigenvalue weighted by molar-refractivity contribution is 7.91. The van der Waals surface area contributed by atoms with Crippen LogP contribution in [0.3, 0.4) is 0 Å². The molecule has 2 aromatic carbocycles. The number of rotatable bonds is 7. The van der Waals surface area contributed by atoms with Crippen LogP contribution in [0.4, 0.5) is 5.69 Å². The van der Waals surface area contributed by atoms with Gasteiger partial charge in [-0.2, -0.15) is 5.26 Å². The van der Waals surface area contributed by atoms with E-state index in [1.165, 1.54) is 5.56 Å². The smallest absolute Gasteiger partial charge is 0.225 e. The van der Waals surface area contributed by atoms with Crippen molar-refractivity contribution in [1.29, 1.82) is 5.26 Å². The number of nitrogens with one attached hydrogen (secondary N) is 1. The van der Waals surface area contributed by atoms with E-state index in [1.807, 2.05) is 0 Å². The SMILES string of the molecule is N#CC1(NC(=O)C2CCCCC2c2nc(C3(c4ccccc4)CC3)sc2-c2ccc(N3CCS(=O)(=O)CC3)cc2)CC1. The third kappa shape index (κ3) is 5.13. The van der Waals surface area contributed by atoms with Gasteiger partial charge in [-0.3, -0.25) is 4.79 Å². The molecule has 0 spiro atoms. The highest BCUT2D eigenvalue weighted by Crippen LogP contribution is 2.57. The van der Waals surface area contributed by atoms with Crippen LogP contribution >= 0.6 is 11.3 Å². The van der Waals surface area contributed by atoms with Crippen LogP contribution in [0.15, 0.2) is 54.6 Å². The molecule has 2 heterocycles. The molecule has 42 heavy (non-hydrogen) atoms. The van der Waals surface area contributed by atoms with Gasteiger partial charge in [-0.1, -0.05) is 55.3 Å². The van der Waals surface area contributed by atoms with Crippen molar-refractivity contribution in [3.63, 3.8) is 0 Å². The number of carbonyl (C=O) groups excluding carboxylic acids is 1. The number of benzene rings is 2. The average molecular weight is 601 g/mol. The number of hydrogen-bond donors (Lipinski definition) is 1. The van der Waals surface area contributed by atoms with Gasteiger partial charge in [-0.05, 0) is 61.8 Å². The van der Waals surface area contributed by atoms with Gasteiger partial charge in [-0.25, -0.2) is 13.4 Å². The molecule has 7 nitrogen and oxygen atoms in total. The number of nitriles is 1. The lowest BCUT2D eigenvalue weighted by atomic mass is 9.76. The third-order valence-corrected chi connectivity index (χ3v) is 12.7. The molecule has 3 saturated carbocycles. The topological polar surface area (TPSA) is 103 Å². The maximum Gasteiger partial charge on any atom is 0.225 e. The van der Waals surface area contributed by atoms with E-state index >= 15 is 0 Å². The zero-order valence-corrected chi connectivity index (χ0v) is 25.4. The summed E-state index contributed by atoms with van der Waals surface area (Å²) in [6, 6.07) is 21.4. The third-order valence-electron chi connectivity index (χ3n) is 9.76. The number of anilines is 1. The first kappa shape index (κ1) is 27.6. The Hall–Kier alpha value is -3.22. The van der Waals surface area contributed by atoms with Crippen LogP contribution in [0.1, 0.15) is 73.5 Å². The fourth-order valence-corrected chi connectivity index (χ4v) is 9.40. The van der Waals surface area contributed by atoms with Crippen molar-refractivity contribution >= 4 is 32.8 Å². The minimum atomic E-state index is -2.94. The van der Waals surface area contributed by atoms with E-state index in [-0.39, 0.29) is 34.7 Å². The Balaban J connectivity index is 1.25. The first-order valence-corrected chi connectivity index (χ1v) is 17.8. The second-order valence-corrected chi connectivity index (χ2v) is 15.9. The zero-order chi connectivity index (χ0) is 29.0. The van der Waals surface area contributed by atoms with Crippen molar-refractivity contribution in [2.24, 2.45) is 5.92 Å². The van der Waals surface area contributed by atoms with Crippen LogP contribution in [-0.4, -0.2) is 49.4 Å². The molecule has 2 unspecified atom stereocenters. The minimum Gasteiger partial charge on any atom is -0.369 e. The van der Waals surface area contributed by atoms with Gasteiger partial charge < -0.3 is 10.2 Å². The van der Waals surface area contributed by atoms with Gasteiger partial charge in [0.1, 0.15) is 10.5 Å². The molecule has 1 aromatic heterocycles. The average Bonchev–Trinajstić information content (AvgIpc) is 3.95. The monoisotopic (exact) mass is 600 g/mol. The molecular weight excluding hydrogens is 565 g/mol. The van der Waals surface area contributed by atoms with Crippen molar-refractivity contribution in [1.82, 2.24) is 10.3 Å². The van der Waals surface area contributed by atoms with E-state index in [1.54, 1.807) is 11.3 Å². The van der Waals surface area contributed by atoms with Crippen LogP contribution < -0.4 is 10.2 Å². The number of nitrogens with zero attached hydrogens (tertiary/aromatic N) is 3. The number of aromatic nitrogens is 1. The Bertz CT molecular complexity index is 1620. The van der Waals surface area contributed by atoms with E-state index in [0.717, 1.165) is 78.2 Å². The van der Waals surface area contributed by atoms with Crippen molar-refractivity contribution in [2.45, 2.75) is 68.2 Å². The lowest BCUT2D eigenvalue weighted by molar-refractivity contribution is -0.127. The van der Waals surface area contributed by atoms with Crippen LogP contribution in [-0.2, 0) is 20.0 Å². The Morgan fingerprint density at radius 2 is 1.67 bits per heavy atom. The number of amides is 1. The van der Waals surface area contributed by atoms with Crippen molar-refractivity contribution < 1.29 is 13.2 Å². The molecule has 9 heteroatoms. The highest BCUT2D eigenvalue weighted by Gasteiger charge is 2.50. The second kappa shape index (κ2) is 10.5. The van der Waals surface area contributed by atoms with Gasteiger partial charge >= 0.3 is 0 Å². The molecule has 3 aromatic rings. The van der Waals surface area contributed by atoms with Gasteiger partial charge in [0.15, 0.2) is 9.84 Å². The van der Waals surface area contributed by atoms with E-state index in [4.69, 9.17) is 4.98 Å². The lowest BCUT2D eigenvalue weighted by Gasteiger charge is -2.31. The molecule has 4 fully saturated rings. The Kier molecular flexibility index (Phi) is 6.90. The van der Waals surface area contributed by atoms with Crippen molar-refractivity contribution in [3.8, 4) is 16.5 Å². The van der Waals surface area contributed by atoms with Crippen LogP contribution in [0.5, 0.6) is 0 Å². The standard InChI is InChI=1S/C33H36N4O3S2/c34-22-32(14-15-32)36-30(38)27-9-5-4-8-26(27)28-29(41-31(35-28)33(16-17-33)24-6-2-1-3-7-24)23-10-12-25(13-11-23)37-18-20-42(39,40)21-19-37/h1-3,6-7,10-13,26-27H,4-5,8-9,14-21H2,(H,36,38). The predicted octanol–water partition coefficient (Wildman–Crippen LogP) is 5.57. The fraction of sp³-hybridized carbons (Fsp3) is 0.485. The molecule has 4 aliphatic rings. The number of thiazole rings is 1. The summed E-state index contributed by atoms with van der Waals surface area (Å²) in [5.41, 5.74) is 3.70. The molecule has 0 bridgehead atoms. The summed E-state index contributed by atoms with van der Waals surface area (Å²) in [5, 5.41) is 13.8. The molecule has 218 valence electrons. The second-order valence-electron chi connectivity index (χ2n) is 12.5. The number of sulfone groups is 1. The lowest BCUT2D eigenvalue weighted by Crippen LogP contribution is -2.42. The van der Waals surface area contributed by atoms with Crippen LogP contribution in [0.25, 0.3) is 10.4 Å². The predicted molar refractivity (Wildman–Crippen MR) is 165 cm³/mol. The molecular formula is C33H36N4O3S2. The summed E-state index contributed by atoms with van der Waals surface area (Å²) < 4.78 is 23.9. The molecule has 1 saturated heterocycles. The number of hydrogen-bond acceptors (Lipinski definition) is 7. The summed E-state index contributed by atoms with van der Waals surface area (Å²) in [6.45, 7) is 1.03. The maximum absolute atomic E-state index is 13.6. The van der Waals surface area contributed by atoms with Gasteiger partial charge in [0.2, 0.25) is 5.91 Å². The van der Waals surface area contributed by atoms with E-state index < -0.39 is 15.4 Å². The Labute approximate surface area is 251 Å². The summed E-state index contributed by atoms with van der Waals surface area (Å²) in [5.74, 6) is 0.193. The van der Waals surface area contributed by atoms with Crippen molar-refractivity contribution in [3.05, 3.63) is 70.9 Å². The largest absolute Gasteiger partial charge is 0.369 e. The Morgan fingerprint density at radius 3 is 2.31 bits per heavy atom. The van der Waals surface area contributed by atoms with Crippen LogP contribution in [0.2, 0.25) is 0 Å². The normalized spacial score (nSPS) is 25.3. The molecule has 7 rings (SSSR count). The fourth-order valence-electron chi connectivity index (χ4n) is 6.79. The summed E-state index contributed by atoms with van der Waals surface area (Å²) in [4.78, 5) is 22.3. The maximum atomic E-state index is 13.6. The van der Waals surface area contributed by atoms with Gasteiger partial charge in [0, 0.05) is 36.0 Å². The quantitative estimate of drug-likeness (QED) is 0.380. The first-order chi connectivity index (χ1) is 20.3. The molecule has 2 atom stereocenters. The van der Waals surface area contributed by atoms with Crippen molar-refractivity contribution in [2.75, 3.05) is 29.5 Å². The minimum absolute atomic E-state index is 0.00107. The molecule has 1 amide bonds. The first-order valence-electron chi connectivity index (χ1n) is 15.2.